The lowest BCUT2D eigenvalue weighted by molar-refractivity contribution is -0.133. The molecule has 2 aromatic rings. The summed E-state index contributed by atoms with van der Waals surface area (Å²) in [4.78, 5) is 27.8. The van der Waals surface area contributed by atoms with Gasteiger partial charge in [0.2, 0.25) is 11.9 Å². The second kappa shape index (κ2) is 7.41. The quantitative estimate of drug-likeness (QED) is 0.816. The Balaban J connectivity index is 1.32. The van der Waals surface area contributed by atoms with Crippen molar-refractivity contribution in [3.63, 3.8) is 0 Å². The number of aromatic nitrogens is 3. The molecule has 2 saturated heterocycles. The number of likely N-dealkylation sites (tertiary alicyclic amines) is 1. The predicted octanol–water partition coefficient (Wildman–Crippen LogP) is 1.26. The van der Waals surface area contributed by atoms with Gasteiger partial charge in [-0.3, -0.25) is 9.69 Å². The summed E-state index contributed by atoms with van der Waals surface area (Å²) in [6, 6.07) is 3.81. The van der Waals surface area contributed by atoms with Crippen molar-refractivity contribution in [2.45, 2.75) is 25.8 Å². The number of carbonyl (C=O) groups is 1. The lowest BCUT2D eigenvalue weighted by Crippen LogP contribution is -2.50. The number of piperazine rings is 1. The second-order valence-corrected chi connectivity index (χ2v) is 6.92. The average molecular weight is 356 g/mol. The Kier molecular flexibility index (Phi) is 4.83. The van der Waals surface area contributed by atoms with Crippen molar-refractivity contribution in [2.24, 2.45) is 0 Å². The molecule has 2 fully saturated rings. The summed E-state index contributed by atoms with van der Waals surface area (Å²) in [5.41, 5.74) is 0.874. The Labute approximate surface area is 152 Å². The van der Waals surface area contributed by atoms with Crippen LogP contribution in [0.25, 0.3) is 0 Å². The molecule has 0 aliphatic carbocycles. The molecule has 26 heavy (non-hydrogen) atoms. The summed E-state index contributed by atoms with van der Waals surface area (Å²) >= 11 is 0. The zero-order valence-electron chi connectivity index (χ0n) is 15.0. The van der Waals surface area contributed by atoms with E-state index >= 15 is 0 Å². The molecule has 138 valence electrons. The van der Waals surface area contributed by atoms with E-state index in [2.05, 4.69) is 24.9 Å². The normalized spacial score (nSPS) is 21.3. The molecule has 0 spiro atoms. The number of rotatable bonds is 4. The first-order valence-electron chi connectivity index (χ1n) is 9.18. The average Bonchev–Trinajstić information content (AvgIpc) is 3.32. The predicted molar refractivity (Wildman–Crippen MR) is 95.6 cm³/mol. The summed E-state index contributed by atoms with van der Waals surface area (Å²) < 4.78 is 5.19. The number of nitrogens with zero attached hydrogens (tertiary/aromatic N) is 6. The Morgan fingerprint density at radius 2 is 1.96 bits per heavy atom. The Bertz CT molecular complexity index is 741. The maximum Gasteiger partial charge on any atom is 0.237 e. The first-order chi connectivity index (χ1) is 12.7. The molecular formula is C18H24N6O2. The van der Waals surface area contributed by atoms with Crippen LogP contribution < -0.4 is 4.90 Å². The van der Waals surface area contributed by atoms with Crippen LogP contribution in [0.4, 0.5) is 5.95 Å². The molecule has 0 radical (unpaired) electrons. The van der Waals surface area contributed by atoms with E-state index in [0.29, 0.717) is 6.54 Å². The highest BCUT2D eigenvalue weighted by Gasteiger charge is 2.33. The third kappa shape index (κ3) is 3.55. The van der Waals surface area contributed by atoms with Gasteiger partial charge in [0, 0.05) is 51.2 Å². The van der Waals surface area contributed by atoms with Gasteiger partial charge in [-0.05, 0) is 25.8 Å². The van der Waals surface area contributed by atoms with Gasteiger partial charge < -0.3 is 14.3 Å². The summed E-state index contributed by atoms with van der Waals surface area (Å²) in [6.07, 6.45) is 5.49. The second-order valence-electron chi connectivity index (χ2n) is 6.92. The first kappa shape index (κ1) is 17.0. The molecule has 8 heteroatoms. The molecule has 2 aliphatic heterocycles. The van der Waals surface area contributed by atoms with E-state index in [9.17, 15) is 4.79 Å². The van der Waals surface area contributed by atoms with E-state index in [0.717, 1.165) is 63.0 Å². The zero-order valence-corrected chi connectivity index (χ0v) is 15.0. The molecule has 4 heterocycles. The van der Waals surface area contributed by atoms with E-state index in [4.69, 9.17) is 4.52 Å². The van der Waals surface area contributed by atoms with E-state index in [1.54, 1.807) is 12.4 Å². The number of carbonyl (C=O) groups excluding carboxylic acids is 1. The maximum atomic E-state index is 12.8. The van der Waals surface area contributed by atoms with Gasteiger partial charge in [0.05, 0.1) is 12.6 Å². The molecule has 8 nitrogen and oxygen atoms in total. The monoisotopic (exact) mass is 356 g/mol. The number of hydrogen-bond donors (Lipinski definition) is 0. The van der Waals surface area contributed by atoms with Crippen molar-refractivity contribution in [3.8, 4) is 0 Å². The minimum atomic E-state index is 0.0546. The Morgan fingerprint density at radius 1 is 1.19 bits per heavy atom. The van der Waals surface area contributed by atoms with Crippen molar-refractivity contribution in [1.82, 2.24) is 24.9 Å². The van der Waals surface area contributed by atoms with Crippen molar-refractivity contribution >= 4 is 11.9 Å². The fourth-order valence-electron chi connectivity index (χ4n) is 3.76. The number of anilines is 1. The summed E-state index contributed by atoms with van der Waals surface area (Å²) in [5, 5.41) is 4.12. The van der Waals surface area contributed by atoms with Crippen molar-refractivity contribution < 1.29 is 9.32 Å². The van der Waals surface area contributed by atoms with Crippen LogP contribution in [0.5, 0.6) is 0 Å². The fraction of sp³-hybridized carbons (Fsp3) is 0.556. The fourth-order valence-corrected chi connectivity index (χ4v) is 3.76. The van der Waals surface area contributed by atoms with Crippen LogP contribution in [0.1, 0.15) is 30.3 Å². The van der Waals surface area contributed by atoms with Crippen molar-refractivity contribution in [2.75, 3.05) is 44.2 Å². The molecular weight excluding hydrogens is 332 g/mol. The highest BCUT2D eigenvalue weighted by atomic mass is 16.5. The van der Waals surface area contributed by atoms with Crippen molar-refractivity contribution in [1.29, 1.82) is 0 Å². The molecule has 1 unspecified atom stereocenters. The molecule has 0 bridgehead atoms. The number of aryl methyl sites for hydroxylation is 1. The molecule has 1 atom stereocenters. The maximum absolute atomic E-state index is 12.8. The highest BCUT2D eigenvalue weighted by Crippen LogP contribution is 2.31. The van der Waals surface area contributed by atoms with Gasteiger partial charge in [-0.25, -0.2) is 9.97 Å². The smallest absolute Gasteiger partial charge is 0.237 e. The first-order valence-corrected chi connectivity index (χ1v) is 9.18. The lowest BCUT2D eigenvalue weighted by atomic mass is 10.1. The van der Waals surface area contributed by atoms with Gasteiger partial charge in [0.1, 0.15) is 11.5 Å². The van der Waals surface area contributed by atoms with Crippen LogP contribution in [0.3, 0.4) is 0 Å². The van der Waals surface area contributed by atoms with Crippen LogP contribution in [-0.4, -0.2) is 70.1 Å². The van der Waals surface area contributed by atoms with Crippen LogP contribution in [0.15, 0.2) is 29.0 Å². The van der Waals surface area contributed by atoms with Crippen LogP contribution in [-0.2, 0) is 4.79 Å². The third-order valence-electron chi connectivity index (χ3n) is 5.13. The van der Waals surface area contributed by atoms with Gasteiger partial charge >= 0.3 is 0 Å². The Morgan fingerprint density at radius 3 is 2.65 bits per heavy atom. The Hall–Kier alpha value is -2.48. The minimum absolute atomic E-state index is 0.0546. The van der Waals surface area contributed by atoms with Gasteiger partial charge in [-0.15, -0.1) is 0 Å². The summed E-state index contributed by atoms with van der Waals surface area (Å²) in [6.45, 7) is 6.49. The lowest BCUT2D eigenvalue weighted by Gasteiger charge is -2.35. The van der Waals surface area contributed by atoms with Gasteiger partial charge in [0.25, 0.3) is 0 Å². The SMILES string of the molecule is Cc1cc(C2CCCN2C(=O)CN2CCN(c3ncccn3)CC2)no1. The number of hydrogen-bond acceptors (Lipinski definition) is 7. The zero-order chi connectivity index (χ0) is 17.9. The molecule has 2 aliphatic rings. The summed E-state index contributed by atoms with van der Waals surface area (Å²) in [7, 11) is 0. The highest BCUT2D eigenvalue weighted by molar-refractivity contribution is 5.79. The molecule has 0 saturated carbocycles. The molecule has 1 amide bonds. The van der Waals surface area contributed by atoms with Gasteiger partial charge in [0.15, 0.2) is 0 Å². The van der Waals surface area contributed by atoms with E-state index < -0.39 is 0 Å². The molecule has 4 rings (SSSR count). The number of amides is 1. The standard InChI is InChI=1S/C18H24N6O2/c1-14-12-15(21-26-14)16-4-2-7-24(16)17(25)13-22-8-10-23(11-9-22)18-19-5-3-6-20-18/h3,5-6,12,16H,2,4,7-11,13H2,1H3. The molecule has 2 aromatic heterocycles. The van der Waals surface area contributed by atoms with Gasteiger partial charge in [-0.1, -0.05) is 5.16 Å². The summed E-state index contributed by atoms with van der Waals surface area (Å²) in [5.74, 6) is 1.73. The van der Waals surface area contributed by atoms with Crippen LogP contribution in [0.2, 0.25) is 0 Å². The van der Waals surface area contributed by atoms with E-state index in [1.165, 1.54) is 0 Å². The van der Waals surface area contributed by atoms with Crippen molar-refractivity contribution in [3.05, 3.63) is 36.0 Å². The third-order valence-corrected chi connectivity index (χ3v) is 5.13. The molecule has 0 N–H and O–H groups in total. The molecule has 0 aromatic carbocycles. The minimum Gasteiger partial charge on any atom is -0.361 e. The van der Waals surface area contributed by atoms with Crippen LogP contribution in [0, 0.1) is 6.92 Å². The van der Waals surface area contributed by atoms with Gasteiger partial charge in [-0.2, -0.15) is 0 Å². The topological polar surface area (TPSA) is 78.6 Å². The van der Waals surface area contributed by atoms with E-state index in [-0.39, 0.29) is 11.9 Å². The van der Waals surface area contributed by atoms with E-state index in [1.807, 2.05) is 24.0 Å². The largest absolute Gasteiger partial charge is 0.361 e. The van der Waals surface area contributed by atoms with Crippen LogP contribution >= 0.6 is 0 Å².